The van der Waals surface area contributed by atoms with Crippen LogP contribution in [0.2, 0.25) is 80.1 Å². The molecular formula is C51H94O8Si4. The third-order valence-corrected chi connectivity index (χ3v) is 29.6. The molecule has 1 aromatic rings. The van der Waals surface area contributed by atoms with Crippen molar-refractivity contribution in [1.29, 1.82) is 0 Å². The summed E-state index contributed by atoms with van der Waals surface area (Å²) in [5, 5.41) is -0.271. The average Bonchev–Trinajstić information content (AvgIpc) is 3.17. The summed E-state index contributed by atoms with van der Waals surface area (Å²) in [6.07, 6.45) is 7.04. The van der Waals surface area contributed by atoms with Gasteiger partial charge < -0.3 is 22.8 Å². The Balaban J connectivity index is 3.44. The van der Waals surface area contributed by atoms with Gasteiger partial charge in [0.25, 0.3) is 0 Å². The summed E-state index contributed by atoms with van der Waals surface area (Å²) in [7, 11) is -8.21. The largest absolute Gasteiger partial charge is 0.466 e. The van der Waals surface area contributed by atoms with Crippen LogP contribution < -0.4 is 0 Å². The molecule has 0 fully saturated rings. The minimum absolute atomic E-state index is 0.0105. The Morgan fingerprint density at radius 3 is 1.73 bits per heavy atom. The van der Waals surface area contributed by atoms with E-state index in [1.807, 2.05) is 52.0 Å². The number of rotatable bonds is 27. The molecule has 8 nitrogen and oxygen atoms in total. The van der Waals surface area contributed by atoms with E-state index in [9.17, 15) is 9.59 Å². The first-order valence-electron chi connectivity index (χ1n) is 24.0. The molecule has 6 atom stereocenters. The number of carbonyl (C=O) groups is 3. The van der Waals surface area contributed by atoms with Gasteiger partial charge in [0.2, 0.25) is 0 Å². The molecule has 0 bridgehead atoms. The summed E-state index contributed by atoms with van der Waals surface area (Å²) < 4.78 is 32.9. The topological polar surface area (TPSA) is 97.4 Å². The van der Waals surface area contributed by atoms with Gasteiger partial charge in [-0.25, -0.2) is 4.79 Å². The van der Waals surface area contributed by atoms with E-state index in [4.69, 9.17) is 22.8 Å². The van der Waals surface area contributed by atoms with E-state index < -0.39 is 62.5 Å². The Morgan fingerprint density at radius 1 is 0.714 bits per heavy atom. The van der Waals surface area contributed by atoms with Gasteiger partial charge >= 0.3 is 11.9 Å². The molecule has 1 rings (SSSR count). The molecule has 0 heterocycles. The zero-order chi connectivity index (χ0) is 48.8. The standard InChI is InChI=1S/C51H94O8Si4/c1-22-63(23-2,24-3)57-43(39(4)33-34-42-29-26-25-27-30-42)31-28-32-45(52)56-38-40(5)47(59-62(20,21)50(10,11)12)41(6)48(54)51(13,14)44(58-61(18,19)49(7,8)9)37-46(53)55-35-36-60(15,16)17/h25-30,32-34,39-41,43-44,47H,22-24,31,35-38H2,1-21H3/b32-28-,34-33+/t39-,40+,41-,43+,44+,47+/m1/s1. The van der Waals surface area contributed by atoms with E-state index in [2.05, 4.69) is 139 Å². The van der Waals surface area contributed by atoms with Gasteiger partial charge in [-0.3, -0.25) is 9.59 Å². The van der Waals surface area contributed by atoms with Gasteiger partial charge in [-0.05, 0) is 78.3 Å². The van der Waals surface area contributed by atoms with Crippen LogP contribution in [-0.4, -0.2) is 82.3 Å². The van der Waals surface area contributed by atoms with Crippen molar-refractivity contribution in [3.63, 3.8) is 0 Å². The Bertz CT molecular complexity index is 1610. The first-order valence-corrected chi connectivity index (χ1v) is 36.0. The Labute approximate surface area is 390 Å². The number of Topliss-reactive ketones (excluding diaryl/α,β-unsaturated/α-hetero) is 1. The van der Waals surface area contributed by atoms with E-state index >= 15 is 4.79 Å². The summed E-state index contributed by atoms with van der Waals surface area (Å²) in [6, 6.07) is 14.3. The first kappa shape index (κ1) is 59.1. The Hall–Kier alpha value is -1.94. The molecule has 1 aromatic carbocycles. The second kappa shape index (κ2) is 24.7. The number of benzene rings is 1. The summed E-state index contributed by atoms with van der Waals surface area (Å²) in [4.78, 5) is 41.9. The van der Waals surface area contributed by atoms with Crippen LogP contribution in [0.4, 0.5) is 0 Å². The van der Waals surface area contributed by atoms with Crippen LogP contribution in [0.5, 0.6) is 0 Å². The zero-order valence-electron chi connectivity index (χ0n) is 44.1. The van der Waals surface area contributed by atoms with Gasteiger partial charge in [-0.15, -0.1) is 0 Å². The third kappa shape index (κ3) is 19.1. The summed E-state index contributed by atoms with van der Waals surface area (Å²) >= 11 is 0. The average molecular weight is 948 g/mol. The molecule has 12 heteroatoms. The maximum absolute atomic E-state index is 15.0. The number of ether oxygens (including phenoxy) is 2. The molecule has 0 radical (unpaired) electrons. The molecular weight excluding hydrogens is 853 g/mol. The molecule has 0 saturated heterocycles. The highest BCUT2D eigenvalue weighted by Gasteiger charge is 2.50. The smallest absolute Gasteiger partial charge is 0.330 e. The predicted molar refractivity (Wildman–Crippen MR) is 276 cm³/mol. The van der Waals surface area contributed by atoms with Crippen LogP contribution in [0, 0.1) is 23.2 Å². The summed E-state index contributed by atoms with van der Waals surface area (Å²) in [5.41, 5.74) is 0.0877. The third-order valence-electron chi connectivity index (χ3n) is 14.3. The lowest BCUT2D eigenvalue weighted by molar-refractivity contribution is -0.150. The van der Waals surface area contributed by atoms with Gasteiger partial charge in [-0.2, -0.15) is 0 Å². The fraction of sp³-hybridized carbons (Fsp3) is 0.745. The van der Waals surface area contributed by atoms with Crippen LogP contribution in [0.3, 0.4) is 0 Å². The zero-order valence-corrected chi connectivity index (χ0v) is 48.1. The van der Waals surface area contributed by atoms with Crippen LogP contribution in [0.25, 0.3) is 6.08 Å². The van der Waals surface area contributed by atoms with E-state index in [-0.39, 0.29) is 52.8 Å². The van der Waals surface area contributed by atoms with Gasteiger partial charge in [0.05, 0.1) is 37.9 Å². The molecule has 0 N–H and O–H groups in total. The second-order valence-electron chi connectivity index (χ2n) is 23.1. The lowest BCUT2D eigenvalue weighted by Crippen LogP contribution is -2.54. The highest BCUT2D eigenvalue weighted by atomic mass is 28.4. The van der Waals surface area contributed by atoms with E-state index in [1.54, 1.807) is 0 Å². The van der Waals surface area contributed by atoms with Crippen LogP contribution in [0.1, 0.15) is 115 Å². The maximum Gasteiger partial charge on any atom is 0.330 e. The Morgan fingerprint density at radius 2 is 1.24 bits per heavy atom. The highest BCUT2D eigenvalue weighted by Crippen LogP contribution is 2.44. The van der Waals surface area contributed by atoms with Crippen molar-refractivity contribution in [3.05, 3.63) is 54.1 Å². The van der Waals surface area contributed by atoms with Crippen molar-refractivity contribution in [2.75, 3.05) is 13.2 Å². The number of carbonyl (C=O) groups excluding carboxylic acids is 3. The van der Waals surface area contributed by atoms with E-state index in [0.717, 1.165) is 29.7 Å². The predicted octanol–water partition coefficient (Wildman–Crippen LogP) is 14.1. The minimum Gasteiger partial charge on any atom is -0.466 e. The Kier molecular flexibility index (Phi) is 23.2. The van der Waals surface area contributed by atoms with Crippen molar-refractivity contribution in [3.8, 4) is 0 Å². The molecule has 0 unspecified atom stereocenters. The molecule has 0 spiro atoms. The summed E-state index contributed by atoms with van der Waals surface area (Å²) in [5.74, 6) is -1.58. The van der Waals surface area contributed by atoms with Crippen molar-refractivity contribution < 1.29 is 37.1 Å². The summed E-state index contributed by atoms with van der Waals surface area (Å²) in [6.45, 7) is 45.6. The number of hydrogen-bond donors (Lipinski definition) is 0. The molecule has 0 aliphatic rings. The molecule has 0 amide bonds. The van der Waals surface area contributed by atoms with Crippen molar-refractivity contribution >= 4 is 56.8 Å². The van der Waals surface area contributed by atoms with Crippen molar-refractivity contribution in [2.45, 2.75) is 208 Å². The SMILES string of the molecule is CC[Si](CC)(CC)O[C@@H](C/C=C\C(=O)OC[C@H](C)[C@H](O[Si](C)(C)C(C)(C)C)[C@@H](C)C(=O)C(C)(C)[C@H](CC(=O)OCC[Si](C)(C)C)O[Si](C)(C)C(C)(C)C)[C@H](C)/C=C/c1ccccc1. The first-order chi connectivity index (χ1) is 28.7. The second-order valence-corrected chi connectivity index (χ2v) is 43.0. The van der Waals surface area contributed by atoms with Gasteiger partial charge in [0.15, 0.2) is 25.0 Å². The van der Waals surface area contributed by atoms with E-state index in [1.165, 1.54) is 6.08 Å². The van der Waals surface area contributed by atoms with Crippen LogP contribution >= 0.6 is 0 Å². The van der Waals surface area contributed by atoms with Crippen molar-refractivity contribution in [1.82, 2.24) is 0 Å². The molecule has 0 aromatic heterocycles. The quantitative estimate of drug-likeness (QED) is 0.0489. The fourth-order valence-corrected chi connectivity index (χ4v) is 13.7. The fourth-order valence-electron chi connectivity index (χ4n) is 7.08. The molecule has 0 aliphatic carbocycles. The van der Waals surface area contributed by atoms with Gasteiger partial charge in [-0.1, -0.05) is 165 Å². The maximum atomic E-state index is 15.0. The normalized spacial score (nSPS) is 16.7. The highest BCUT2D eigenvalue weighted by molar-refractivity contribution is 6.76. The monoisotopic (exact) mass is 947 g/mol. The molecule has 362 valence electrons. The number of hydrogen-bond acceptors (Lipinski definition) is 8. The van der Waals surface area contributed by atoms with Gasteiger partial charge in [0, 0.05) is 31.4 Å². The van der Waals surface area contributed by atoms with E-state index in [0.29, 0.717) is 13.0 Å². The molecule has 63 heavy (non-hydrogen) atoms. The molecule has 0 aliphatic heterocycles. The van der Waals surface area contributed by atoms with Crippen LogP contribution in [0.15, 0.2) is 48.6 Å². The number of ketones is 1. The lowest BCUT2D eigenvalue weighted by Gasteiger charge is -2.46. The number of esters is 2. The van der Waals surface area contributed by atoms with Gasteiger partial charge in [0.1, 0.15) is 5.78 Å². The van der Waals surface area contributed by atoms with Crippen LogP contribution in [-0.2, 0) is 37.1 Å². The minimum atomic E-state index is -2.44. The lowest BCUT2D eigenvalue weighted by atomic mass is 9.73. The molecule has 0 saturated carbocycles. The van der Waals surface area contributed by atoms with Crippen molar-refractivity contribution in [2.24, 2.45) is 23.2 Å².